The molecule has 0 spiro atoms. The predicted molar refractivity (Wildman–Crippen MR) is 126 cm³/mol. The first-order valence-corrected chi connectivity index (χ1v) is 10.9. The molecule has 2 aliphatic rings. The summed E-state index contributed by atoms with van der Waals surface area (Å²) in [7, 11) is 0. The first-order valence-electron chi connectivity index (χ1n) is 10.9. The fourth-order valence-corrected chi connectivity index (χ4v) is 4.56. The second-order valence-electron chi connectivity index (χ2n) is 11.2. The van der Waals surface area contributed by atoms with E-state index >= 15 is 0 Å². The van der Waals surface area contributed by atoms with E-state index in [4.69, 9.17) is 0 Å². The number of benzene rings is 2. The van der Waals surface area contributed by atoms with E-state index in [9.17, 15) is 0 Å². The standard InChI is InChI=1S/C28H35N/c1-26(2,3)19-13-15-24-22(17-19)28(7,8)23-18-20(27(4,5)6)14-16-25(23)29(24)21-11-9-10-12-21/h9,11-18H,10H2,1-8H3. The zero-order chi connectivity index (χ0) is 21.2. The van der Waals surface area contributed by atoms with Gasteiger partial charge in [0.1, 0.15) is 0 Å². The van der Waals surface area contributed by atoms with Crippen LogP contribution >= 0.6 is 0 Å². The molecule has 1 nitrogen and oxygen atoms in total. The topological polar surface area (TPSA) is 3.24 Å². The van der Waals surface area contributed by atoms with Crippen molar-refractivity contribution in [1.29, 1.82) is 0 Å². The van der Waals surface area contributed by atoms with E-state index in [0.29, 0.717) is 0 Å². The molecule has 2 aromatic carbocycles. The van der Waals surface area contributed by atoms with Crippen LogP contribution in [0.4, 0.5) is 11.4 Å². The smallest absolute Gasteiger partial charge is 0.0502 e. The summed E-state index contributed by atoms with van der Waals surface area (Å²) in [5.74, 6) is 0. The molecule has 0 bridgehead atoms. The van der Waals surface area contributed by atoms with Crippen LogP contribution in [-0.2, 0) is 16.2 Å². The number of anilines is 2. The second-order valence-corrected chi connectivity index (χ2v) is 11.2. The molecule has 0 saturated heterocycles. The van der Waals surface area contributed by atoms with Gasteiger partial charge in [-0.15, -0.1) is 0 Å². The zero-order valence-corrected chi connectivity index (χ0v) is 19.4. The minimum absolute atomic E-state index is 0.0490. The van der Waals surface area contributed by atoms with Gasteiger partial charge in [0.15, 0.2) is 0 Å². The van der Waals surface area contributed by atoms with E-state index < -0.39 is 0 Å². The SMILES string of the molecule is CC(C)(C)c1ccc2c(c1)C(C)(C)c1cc(C(C)(C)C)ccc1N2C1=CCC=C1. The highest BCUT2D eigenvalue weighted by atomic mass is 15.2. The van der Waals surface area contributed by atoms with Crippen LogP contribution in [0.3, 0.4) is 0 Å². The van der Waals surface area contributed by atoms with Gasteiger partial charge in [0, 0.05) is 11.1 Å². The molecule has 0 atom stereocenters. The Morgan fingerprint density at radius 3 is 1.62 bits per heavy atom. The van der Waals surface area contributed by atoms with E-state index in [1.54, 1.807) is 0 Å². The number of rotatable bonds is 1. The fraction of sp³-hybridized carbons (Fsp3) is 0.429. The Bertz CT molecular complexity index is 952. The van der Waals surface area contributed by atoms with Crippen LogP contribution in [0.2, 0.25) is 0 Å². The van der Waals surface area contributed by atoms with Gasteiger partial charge in [-0.3, -0.25) is 0 Å². The number of hydrogen-bond acceptors (Lipinski definition) is 1. The average molecular weight is 386 g/mol. The van der Waals surface area contributed by atoms with Crippen LogP contribution in [0.15, 0.2) is 60.3 Å². The molecule has 2 aromatic rings. The Morgan fingerprint density at radius 2 is 1.24 bits per heavy atom. The van der Waals surface area contributed by atoms with Gasteiger partial charge in [-0.05, 0) is 57.7 Å². The molecule has 152 valence electrons. The minimum Gasteiger partial charge on any atom is -0.310 e. The van der Waals surface area contributed by atoms with Crippen LogP contribution in [0.5, 0.6) is 0 Å². The van der Waals surface area contributed by atoms with Crippen molar-refractivity contribution >= 4 is 11.4 Å². The van der Waals surface area contributed by atoms with Gasteiger partial charge in [-0.25, -0.2) is 0 Å². The molecule has 4 rings (SSSR count). The maximum Gasteiger partial charge on any atom is 0.0502 e. The van der Waals surface area contributed by atoms with E-state index in [1.807, 2.05) is 0 Å². The molecular weight excluding hydrogens is 350 g/mol. The van der Waals surface area contributed by atoms with Gasteiger partial charge in [-0.2, -0.15) is 0 Å². The minimum atomic E-state index is -0.0490. The van der Waals surface area contributed by atoms with E-state index in [1.165, 1.54) is 39.3 Å². The van der Waals surface area contributed by atoms with Crippen LogP contribution in [-0.4, -0.2) is 0 Å². The molecule has 0 saturated carbocycles. The van der Waals surface area contributed by atoms with Crippen LogP contribution in [0, 0.1) is 0 Å². The fourth-order valence-electron chi connectivity index (χ4n) is 4.56. The largest absolute Gasteiger partial charge is 0.310 e. The maximum atomic E-state index is 2.47. The van der Waals surface area contributed by atoms with Crippen molar-refractivity contribution in [2.75, 3.05) is 4.90 Å². The van der Waals surface area contributed by atoms with Gasteiger partial charge < -0.3 is 4.90 Å². The van der Waals surface area contributed by atoms with Gasteiger partial charge >= 0.3 is 0 Å². The van der Waals surface area contributed by atoms with E-state index in [0.717, 1.165) is 6.42 Å². The number of nitrogens with zero attached hydrogens (tertiary/aromatic N) is 1. The second kappa shape index (κ2) is 6.36. The number of fused-ring (bicyclic) bond motifs is 2. The third-order valence-electron chi connectivity index (χ3n) is 6.56. The molecule has 0 amide bonds. The van der Waals surface area contributed by atoms with Crippen molar-refractivity contribution in [3.05, 3.63) is 82.6 Å². The predicted octanol–water partition coefficient (Wildman–Crippen LogP) is 7.90. The lowest BCUT2D eigenvalue weighted by Crippen LogP contribution is -2.33. The highest BCUT2D eigenvalue weighted by Crippen LogP contribution is 2.52. The van der Waals surface area contributed by atoms with Crippen molar-refractivity contribution in [3.63, 3.8) is 0 Å². The molecule has 1 heteroatoms. The molecule has 0 unspecified atom stereocenters. The Morgan fingerprint density at radius 1 is 0.759 bits per heavy atom. The van der Waals surface area contributed by atoms with Gasteiger partial charge in [0.25, 0.3) is 0 Å². The summed E-state index contributed by atoms with van der Waals surface area (Å²) < 4.78 is 0. The van der Waals surface area contributed by atoms with Crippen LogP contribution in [0.25, 0.3) is 0 Å². The summed E-state index contributed by atoms with van der Waals surface area (Å²) >= 11 is 0. The monoisotopic (exact) mass is 385 g/mol. The molecule has 0 N–H and O–H groups in total. The first kappa shape index (κ1) is 20.0. The summed E-state index contributed by atoms with van der Waals surface area (Å²) in [5.41, 5.74) is 9.78. The lowest BCUT2D eigenvalue weighted by atomic mass is 9.70. The molecule has 0 radical (unpaired) electrons. The van der Waals surface area contributed by atoms with Crippen molar-refractivity contribution < 1.29 is 0 Å². The molecule has 0 fully saturated rings. The summed E-state index contributed by atoms with van der Waals surface area (Å²) in [6.45, 7) is 18.6. The third-order valence-corrected chi connectivity index (χ3v) is 6.56. The lowest BCUT2D eigenvalue weighted by Gasteiger charge is -2.43. The van der Waals surface area contributed by atoms with E-state index in [2.05, 4.69) is 115 Å². The quantitative estimate of drug-likeness (QED) is 0.482. The maximum absolute atomic E-state index is 2.47. The highest BCUT2D eigenvalue weighted by molar-refractivity contribution is 5.82. The summed E-state index contributed by atoms with van der Waals surface area (Å²) in [5, 5.41) is 0. The lowest BCUT2D eigenvalue weighted by molar-refractivity contribution is 0.573. The van der Waals surface area contributed by atoms with Crippen molar-refractivity contribution in [2.24, 2.45) is 0 Å². The van der Waals surface area contributed by atoms with Crippen LogP contribution in [0.1, 0.15) is 84.1 Å². The Labute approximate surface area is 177 Å². The number of hydrogen-bond donors (Lipinski definition) is 0. The summed E-state index contributed by atoms with van der Waals surface area (Å²) in [6.07, 6.45) is 7.87. The van der Waals surface area contributed by atoms with Crippen molar-refractivity contribution in [2.45, 2.75) is 78.1 Å². The Hall–Kier alpha value is -2.28. The van der Waals surface area contributed by atoms with Gasteiger partial charge in [0.05, 0.1) is 11.4 Å². The molecule has 1 aliphatic carbocycles. The molecule has 1 heterocycles. The Balaban J connectivity index is 2.01. The zero-order valence-electron chi connectivity index (χ0n) is 19.4. The molecule has 29 heavy (non-hydrogen) atoms. The van der Waals surface area contributed by atoms with Crippen LogP contribution < -0.4 is 4.90 Å². The van der Waals surface area contributed by atoms with Crippen molar-refractivity contribution in [3.8, 4) is 0 Å². The van der Waals surface area contributed by atoms with E-state index in [-0.39, 0.29) is 16.2 Å². The number of allylic oxidation sites excluding steroid dienone is 3. The van der Waals surface area contributed by atoms with Gasteiger partial charge in [0.2, 0.25) is 0 Å². The Kier molecular flexibility index (Phi) is 4.39. The van der Waals surface area contributed by atoms with Crippen molar-refractivity contribution in [1.82, 2.24) is 0 Å². The summed E-state index contributed by atoms with van der Waals surface area (Å²) in [6, 6.07) is 14.2. The normalized spacial score (nSPS) is 17.8. The van der Waals surface area contributed by atoms with Gasteiger partial charge in [-0.1, -0.05) is 91.8 Å². The third kappa shape index (κ3) is 3.25. The highest BCUT2D eigenvalue weighted by Gasteiger charge is 2.38. The summed E-state index contributed by atoms with van der Waals surface area (Å²) in [4.78, 5) is 2.47. The molecule has 1 aliphatic heterocycles. The molecule has 0 aromatic heterocycles. The average Bonchev–Trinajstić information content (AvgIpc) is 3.14. The first-order chi connectivity index (χ1) is 13.4. The molecular formula is C28H35N.